The molecule has 1 atom stereocenters. The van der Waals surface area contributed by atoms with E-state index in [2.05, 4.69) is 6.07 Å². The van der Waals surface area contributed by atoms with Crippen LogP contribution < -0.4 is 0 Å². The van der Waals surface area contributed by atoms with E-state index in [0.29, 0.717) is 24.3 Å². The van der Waals surface area contributed by atoms with Crippen molar-refractivity contribution in [2.45, 2.75) is 39.2 Å². The van der Waals surface area contributed by atoms with E-state index in [1.165, 1.54) is 0 Å². The van der Waals surface area contributed by atoms with Crippen LogP contribution in [0.3, 0.4) is 0 Å². The third-order valence-corrected chi connectivity index (χ3v) is 5.39. The van der Waals surface area contributed by atoms with Crippen LogP contribution in [0.1, 0.15) is 49.2 Å². The maximum absolute atomic E-state index is 13.0. The van der Waals surface area contributed by atoms with Gasteiger partial charge in [0, 0.05) is 38.9 Å². The second kappa shape index (κ2) is 5.97. The van der Waals surface area contributed by atoms with Crippen molar-refractivity contribution in [2.75, 3.05) is 19.6 Å². The van der Waals surface area contributed by atoms with Gasteiger partial charge in [0.05, 0.1) is 11.0 Å². The van der Waals surface area contributed by atoms with Crippen LogP contribution in [0.15, 0.2) is 12.3 Å². The fourth-order valence-electron chi connectivity index (χ4n) is 4.02. The highest BCUT2D eigenvalue weighted by Gasteiger charge is 2.50. The van der Waals surface area contributed by atoms with E-state index in [4.69, 9.17) is 5.26 Å². The summed E-state index contributed by atoms with van der Waals surface area (Å²) in [6, 6.07) is 3.88. The molecular formula is C18H24N4O2. The Hall–Kier alpha value is -2.29. The predicted molar refractivity (Wildman–Crippen MR) is 89.2 cm³/mol. The molecule has 6 heteroatoms. The highest BCUT2D eigenvalue weighted by molar-refractivity contribution is 5.94. The van der Waals surface area contributed by atoms with Crippen molar-refractivity contribution in [2.24, 2.45) is 12.5 Å². The van der Waals surface area contributed by atoms with E-state index >= 15 is 0 Å². The Balaban J connectivity index is 1.79. The molecule has 2 saturated heterocycles. The monoisotopic (exact) mass is 328 g/mol. The van der Waals surface area contributed by atoms with Gasteiger partial charge in [-0.3, -0.25) is 9.59 Å². The standard InChI is InChI=1S/C18H24N4O2/c1-13(2)22-7-4-5-18(17(22)24)6-8-21(12-18)16(23)15-9-14(10-19)11-20(15)3/h9,11,13H,4-8,12H2,1-3H3. The summed E-state index contributed by atoms with van der Waals surface area (Å²) in [5.74, 6) is 0.106. The minimum Gasteiger partial charge on any atom is -0.345 e. The Morgan fingerprint density at radius 3 is 2.71 bits per heavy atom. The first-order valence-electron chi connectivity index (χ1n) is 8.55. The highest BCUT2D eigenvalue weighted by Crippen LogP contribution is 2.41. The van der Waals surface area contributed by atoms with Crippen LogP contribution >= 0.6 is 0 Å². The number of nitrogens with zero attached hydrogens (tertiary/aromatic N) is 4. The minimum atomic E-state index is -0.415. The van der Waals surface area contributed by atoms with Gasteiger partial charge in [0.2, 0.25) is 5.91 Å². The van der Waals surface area contributed by atoms with Crippen molar-refractivity contribution in [1.82, 2.24) is 14.4 Å². The van der Waals surface area contributed by atoms with Gasteiger partial charge < -0.3 is 14.4 Å². The van der Waals surface area contributed by atoms with Gasteiger partial charge in [-0.1, -0.05) is 0 Å². The number of carbonyl (C=O) groups excluding carboxylic acids is 2. The summed E-state index contributed by atoms with van der Waals surface area (Å²) < 4.78 is 1.69. The summed E-state index contributed by atoms with van der Waals surface area (Å²) in [6.45, 7) is 5.99. The summed E-state index contributed by atoms with van der Waals surface area (Å²) in [5, 5.41) is 9.00. The number of hydrogen-bond acceptors (Lipinski definition) is 3. The number of amides is 2. The third-order valence-electron chi connectivity index (χ3n) is 5.39. The van der Waals surface area contributed by atoms with Crippen LogP contribution in [0.25, 0.3) is 0 Å². The van der Waals surface area contributed by atoms with Crippen LogP contribution in [0.4, 0.5) is 0 Å². The zero-order valence-corrected chi connectivity index (χ0v) is 14.6. The SMILES string of the molecule is CC(C)N1CCCC2(CCN(C(=O)c3cc(C#N)cn3C)C2)C1=O. The van der Waals surface area contributed by atoms with Crippen LogP contribution in [-0.4, -0.2) is 51.9 Å². The van der Waals surface area contributed by atoms with Crippen LogP contribution in [0, 0.1) is 16.7 Å². The number of carbonyl (C=O) groups is 2. The smallest absolute Gasteiger partial charge is 0.270 e. The van der Waals surface area contributed by atoms with E-state index in [9.17, 15) is 9.59 Å². The number of piperidine rings is 1. The maximum atomic E-state index is 13.0. The normalized spacial score (nSPS) is 24.0. The molecule has 2 amide bonds. The second-order valence-corrected chi connectivity index (χ2v) is 7.29. The molecule has 0 aromatic carbocycles. The number of rotatable bonds is 2. The largest absolute Gasteiger partial charge is 0.345 e. The molecule has 0 bridgehead atoms. The quantitative estimate of drug-likeness (QED) is 0.830. The Kier molecular flexibility index (Phi) is 4.12. The molecule has 0 radical (unpaired) electrons. The highest BCUT2D eigenvalue weighted by atomic mass is 16.2. The van der Waals surface area contributed by atoms with Gasteiger partial charge in [-0.25, -0.2) is 0 Å². The zero-order valence-electron chi connectivity index (χ0n) is 14.6. The fraction of sp³-hybridized carbons (Fsp3) is 0.611. The lowest BCUT2D eigenvalue weighted by atomic mass is 9.78. The zero-order chi connectivity index (χ0) is 17.5. The van der Waals surface area contributed by atoms with E-state index in [1.54, 1.807) is 28.8 Å². The summed E-state index contributed by atoms with van der Waals surface area (Å²) in [7, 11) is 1.77. The Morgan fingerprint density at radius 2 is 2.08 bits per heavy atom. The minimum absolute atomic E-state index is 0.0923. The van der Waals surface area contributed by atoms with Crippen LogP contribution in [-0.2, 0) is 11.8 Å². The van der Waals surface area contributed by atoms with Gasteiger partial charge >= 0.3 is 0 Å². The Morgan fingerprint density at radius 1 is 1.33 bits per heavy atom. The topological polar surface area (TPSA) is 69.3 Å². The number of aromatic nitrogens is 1. The van der Waals surface area contributed by atoms with Crippen molar-refractivity contribution >= 4 is 11.8 Å². The predicted octanol–water partition coefficient (Wildman–Crippen LogP) is 1.76. The summed E-state index contributed by atoms with van der Waals surface area (Å²) in [5.41, 5.74) is 0.573. The first kappa shape index (κ1) is 16.6. The summed E-state index contributed by atoms with van der Waals surface area (Å²) in [6.07, 6.45) is 4.24. The van der Waals surface area contributed by atoms with Gasteiger partial charge in [-0.05, 0) is 39.2 Å². The molecule has 1 aromatic heterocycles. The number of likely N-dealkylation sites (tertiary alicyclic amines) is 2. The van der Waals surface area contributed by atoms with Crippen molar-refractivity contribution in [3.8, 4) is 6.07 Å². The average Bonchev–Trinajstić information content (AvgIpc) is 3.14. The van der Waals surface area contributed by atoms with Gasteiger partial charge in [0.15, 0.2) is 0 Å². The van der Waals surface area contributed by atoms with Crippen molar-refractivity contribution in [3.63, 3.8) is 0 Å². The number of aryl methyl sites for hydroxylation is 1. The van der Waals surface area contributed by atoms with Gasteiger partial charge in [-0.2, -0.15) is 5.26 Å². The molecular weight excluding hydrogens is 304 g/mol. The molecule has 128 valence electrons. The van der Waals surface area contributed by atoms with Gasteiger partial charge in [0.25, 0.3) is 5.91 Å². The molecule has 1 spiro atoms. The molecule has 2 aliphatic rings. The molecule has 2 fully saturated rings. The molecule has 6 nitrogen and oxygen atoms in total. The first-order chi connectivity index (χ1) is 11.4. The molecule has 1 unspecified atom stereocenters. The number of nitriles is 1. The van der Waals surface area contributed by atoms with Crippen molar-refractivity contribution in [1.29, 1.82) is 5.26 Å². The van der Waals surface area contributed by atoms with Crippen LogP contribution in [0.2, 0.25) is 0 Å². The van der Waals surface area contributed by atoms with E-state index < -0.39 is 5.41 Å². The molecule has 3 heterocycles. The Bertz CT molecular complexity index is 715. The lowest BCUT2D eigenvalue weighted by Gasteiger charge is -2.41. The second-order valence-electron chi connectivity index (χ2n) is 7.29. The molecule has 0 aliphatic carbocycles. The molecule has 24 heavy (non-hydrogen) atoms. The van der Waals surface area contributed by atoms with Crippen molar-refractivity contribution < 1.29 is 9.59 Å². The van der Waals surface area contributed by atoms with E-state index in [-0.39, 0.29) is 17.9 Å². The lowest BCUT2D eigenvalue weighted by molar-refractivity contribution is -0.147. The molecule has 0 saturated carbocycles. The lowest BCUT2D eigenvalue weighted by Crippen LogP contribution is -2.52. The molecule has 2 aliphatic heterocycles. The van der Waals surface area contributed by atoms with E-state index in [1.807, 2.05) is 18.7 Å². The van der Waals surface area contributed by atoms with Crippen molar-refractivity contribution in [3.05, 3.63) is 23.5 Å². The molecule has 0 N–H and O–H groups in total. The third kappa shape index (κ3) is 2.58. The summed E-state index contributed by atoms with van der Waals surface area (Å²) >= 11 is 0. The molecule has 1 aromatic rings. The first-order valence-corrected chi connectivity index (χ1v) is 8.55. The van der Waals surface area contributed by atoms with Gasteiger partial charge in [0.1, 0.15) is 11.8 Å². The summed E-state index contributed by atoms with van der Waals surface area (Å²) in [4.78, 5) is 29.5. The van der Waals surface area contributed by atoms with Gasteiger partial charge in [-0.15, -0.1) is 0 Å². The average molecular weight is 328 g/mol. The van der Waals surface area contributed by atoms with E-state index in [0.717, 1.165) is 25.8 Å². The fourth-order valence-corrected chi connectivity index (χ4v) is 4.02. The maximum Gasteiger partial charge on any atom is 0.270 e. The Labute approximate surface area is 142 Å². The molecule has 3 rings (SSSR count). The van der Waals surface area contributed by atoms with Crippen LogP contribution in [0.5, 0.6) is 0 Å². The number of hydrogen-bond donors (Lipinski definition) is 0.